The third-order valence-corrected chi connectivity index (χ3v) is 1.54. The van der Waals surface area contributed by atoms with E-state index in [2.05, 4.69) is 10.3 Å². The first-order valence-corrected chi connectivity index (χ1v) is 3.58. The van der Waals surface area contributed by atoms with Gasteiger partial charge in [-0.1, -0.05) is 13.8 Å². The zero-order valence-electron chi connectivity index (χ0n) is 7.18. The Balaban J connectivity index is 3.21. The summed E-state index contributed by atoms with van der Waals surface area (Å²) in [7, 11) is 1.51. The van der Waals surface area contributed by atoms with E-state index in [0.29, 0.717) is 5.69 Å². The summed E-state index contributed by atoms with van der Waals surface area (Å²) in [4.78, 5) is 10.0. The van der Waals surface area contributed by atoms with Gasteiger partial charge in [0, 0.05) is 11.1 Å². The van der Waals surface area contributed by atoms with Gasteiger partial charge in [-0.25, -0.2) is 0 Å². The van der Waals surface area contributed by atoms with Crippen molar-refractivity contribution in [3.63, 3.8) is 0 Å². The zero-order valence-corrected chi connectivity index (χ0v) is 7.18. The van der Waals surface area contributed by atoms with Gasteiger partial charge in [-0.15, -0.1) is 9.78 Å². The molecule has 0 aliphatic carbocycles. The average Bonchev–Trinajstić information content (AvgIpc) is 2.30. The van der Waals surface area contributed by atoms with Crippen LogP contribution < -0.4 is 0 Å². The summed E-state index contributed by atoms with van der Waals surface area (Å²) in [6, 6.07) is 0. The smallest absolute Gasteiger partial charge is 0.358 e. The van der Waals surface area contributed by atoms with Gasteiger partial charge in [0.15, 0.2) is 5.69 Å². The van der Waals surface area contributed by atoms with Crippen molar-refractivity contribution >= 4 is 5.82 Å². The summed E-state index contributed by atoms with van der Waals surface area (Å²) in [5, 5.41) is 17.8. The van der Waals surface area contributed by atoms with Crippen LogP contribution in [0.3, 0.4) is 0 Å². The van der Waals surface area contributed by atoms with Gasteiger partial charge in [0.1, 0.15) is 7.05 Å². The molecule has 1 rings (SSSR count). The lowest BCUT2D eigenvalue weighted by Gasteiger charge is -1.98. The first kappa shape index (κ1) is 8.63. The molecule has 0 aliphatic rings. The van der Waals surface area contributed by atoms with Gasteiger partial charge in [0.25, 0.3) is 0 Å². The monoisotopic (exact) mass is 170 g/mol. The predicted molar refractivity (Wildman–Crippen MR) is 41.7 cm³/mol. The molecule has 1 aromatic heterocycles. The molecule has 0 bridgehead atoms. The van der Waals surface area contributed by atoms with Gasteiger partial charge < -0.3 is 10.1 Å². The highest BCUT2D eigenvalue weighted by Gasteiger charge is 2.23. The third kappa shape index (κ3) is 1.27. The van der Waals surface area contributed by atoms with Crippen molar-refractivity contribution in [2.24, 2.45) is 7.05 Å². The highest BCUT2D eigenvalue weighted by Crippen LogP contribution is 2.21. The molecule has 0 fully saturated rings. The predicted octanol–water partition coefficient (Wildman–Crippen LogP) is 0.847. The van der Waals surface area contributed by atoms with E-state index in [9.17, 15) is 10.1 Å². The van der Waals surface area contributed by atoms with Gasteiger partial charge in [-0.3, -0.25) is 0 Å². The maximum atomic E-state index is 10.5. The zero-order chi connectivity index (χ0) is 9.30. The van der Waals surface area contributed by atoms with E-state index in [-0.39, 0.29) is 11.7 Å². The highest BCUT2D eigenvalue weighted by atomic mass is 16.6. The minimum atomic E-state index is -0.463. The number of hydrogen-bond acceptors (Lipinski definition) is 4. The Morgan fingerprint density at radius 2 is 2.17 bits per heavy atom. The molecule has 1 aromatic rings. The Kier molecular flexibility index (Phi) is 2.07. The minimum absolute atomic E-state index is 0.0231. The molecule has 0 radical (unpaired) electrons. The van der Waals surface area contributed by atoms with Crippen LogP contribution in [-0.2, 0) is 7.05 Å². The molecule has 6 nitrogen and oxygen atoms in total. The van der Waals surface area contributed by atoms with Crippen LogP contribution >= 0.6 is 0 Å². The van der Waals surface area contributed by atoms with E-state index in [4.69, 9.17) is 0 Å². The lowest BCUT2D eigenvalue weighted by atomic mass is 10.1. The molecule has 0 spiro atoms. The number of rotatable bonds is 2. The molecule has 66 valence electrons. The number of aryl methyl sites for hydroxylation is 1. The van der Waals surface area contributed by atoms with E-state index in [1.54, 1.807) is 0 Å². The van der Waals surface area contributed by atoms with Crippen molar-refractivity contribution in [1.82, 2.24) is 15.0 Å². The van der Waals surface area contributed by atoms with E-state index < -0.39 is 4.92 Å². The van der Waals surface area contributed by atoms with E-state index in [0.717, 1.165) is 0 Å². The third-order valence-electron chi connectivity index (χ3n) is 1.54. The quantitative estimate of drug-likeness (QED) is 0.487. The Morgan fingerprint density at radius 3 is 2.50 bits per heavy atom. The van der Waals surface area contributed by atoms with E-state index >= 15 is 0 Å². The number of nitro groups is 1. The molecule has 12 heavy (non-hydrogen) atoms. The van der Waals surface area contributed by atoms with Crippen LogP contribution in [0, 0.1) is 10.1 Å². The van der Waals surface area contributed by atoms with Crippen molar-refractivity contribution in [3.05, 3.63) is 15.8 Å². The second kappa shape index (κ2) is 2.88. The molecular formula is C6H10N4O2. The molecule has 0 N–H and O–H groups in total. The second-order valence-corrected chi connectivity index (χ2v) is 2.83. The Bertz CT molecular complexity index is 304. The normalized spacial score (nSPS) is 10.7. The largest absolute Gasteiger partial charge is 0.368 e. The number of nitrogens with zero attached hydrogens (tertiary/aromatic N) is 4. The van der Waals surface area contributed by atoms with Gasteiger partial charge in [0.05, 0.1) is 0 Å². The summed E-state index contributed by atoms with van der Waals surface area (Å²) in [5.74, 6) is 0.00380. The Hall–Kier alpha value is -1.46. The summed E-state index contributed by atoms with van der Waals surface area (Å²) in [5.41, 5.74) is 0.433. The van der Waals surface area contributed by atoms with Crippen LogP contribution in [0.5, 0.6) is 0 Å². The molecule has 0 atom stereocenters. The average molecular weight is 170 g/mol. The van der Waals surface area contributed by atoms with Crippen molar-refractivity contribution in [2.75, 3.05) is 0 Å². The van der Waals surface area contributed by atoms with Crippen LogP contribution in [-0.4, -0.2) is 19.9 Å². The van der Waals surface area contributed by atoms with Crippen molar-refractivity contribution < 1.29 is 4.92 Å². The lowest BCUT2D eigenvalue weighted by molar-refractivity contribution is -0.393. The fourth-order valence-electron chi connectivity index (χ4n) is 0.953. The molecule has 0 unspecified atom stereocenters. The maximum absolute atomic E-state index is 10.5. The fourth-order valence-corrected chi connectivity index (χ4v) is 0.953. The van der Waals surface area contributed by atoms with Gasteiger partial charge >= 0.3 is 5.82 Å². The van der Waals surface area contributed by atoms with Crippen LogP contribution in [0.2, 0.25) is 0 Å². The first-order valence-electron chi connectivity index (χ1n) is 3.58. The molecule has 0 saturated heterocycles. The second-order valence-electron chi connectivity index (χ2n) is 2.83. The standard InChI is InChI=1S/C6H10N4O2/c1-4(2)5-6(10(11)12)9(3)8-7-5/h4H,1-3H3. The van der Waals surface area contributed by atoms with Crippen LogP contribution in [0.4, 0.5) is 5.82 Å². The van der Waals surface area contributed by atoms with Gasteiger partial charge in [-0.2, -0.15) is 0 Å². The SMILES string of the molecule is CC(C)c1nnn(C)c1[N+](=O)[O-]. The van der Waals surface area contributed by atoms with Crippen LogP contribution in [0.25, 0.3) is 0 Å². The molecule has 1 heterocycles. The van der Waals surface area contributed by atoms with Crippen LogP contribution in [0.1, 0.15) is 25.5 Å². The fraction of sp³-hybridized carbons (Fsp3) is 0.667. The summed E-state index contributed by atoms with van der Waals surface area (Å²) in [6.45, 7) is 3.69. The summed E-state index contributed by atoms with van der Waals surface area (Å²) < 4.78 is 1.18. The maximum Gasteiger partial charge on any atom is 0.368 e. The summed E-state index contributed by atoms with van der Waals surface area (Å²) in [6.07, 6.45) is 0. The minimum Gasteiger partial charge on any atom is -0.358 e. The summed E-state index contributed by atoms with van der Waals surface area (Å²) >= 11 is 0. The molecule has 6 heteroatoms. The number of aromatic nitrogens is 3. The van der Waals surface area contributed by atoms with E-state index in [1.807, 2.05) is 13.8 Å². The molecule has 0 aromatic carbocycles. The topological polar surface area (TPSA) is 73.8 Å². The van der Waals surface area contributed by atoms with E-state index in [1.165, 1.54) is 11.7 Å². The molecule has 0 aliphatic heterocycles. The van der Waals surface area contributed by atoms with Gasteiger partial charge in [-0.05, 0) is 4.92 Å². The highest BCUT2D eigenvalue weighted by molar-refractivity contribution is 5.27. The number of hydrogen-bond donors (Lipinski definition) is 0. The molecule has 0 amide bonds. The van der Waals surface area contributed by atoms with Crippen molar-refractivity contribution in [1.29, 1.82) is 0 Å². The van der Waals surface area contributed by atoms with Crippen molar-refractivity contribution in [2.45, 2.75) is 19.8 Å². The van der Waals surface area contributed by atoms with Crippen molar-refractivity contribution in [3.8, 4) is 0 Å². The van der Waals surface area contributed by atoms with Gasteiger partial charge in [0.2, 0.25) is 0 Å². The lowest BCUT2D eigenvalue weighted by Crippen LogP contribution is -2.01. The molecule has 0 saturated carbocycles. The molecular weight excluding hydrogens is 160 g/mol. The van der Waals surface area contributed by atoms with Crippen LogP contribution in [0.15, 0.2) is 0 Å². The first-order chi connectivity index (χ1) is 5.54. The Morgan fingerprint density at radius 1 is 1.58 bits per heavy atom. The Labute approximate surface area is 69.3 Å².